The highest BCUT2D eigenvalue weighted by Crippen LogP contribution is 2.18. The van der Waals surface area contributed by atoms with Gasteiger partial charge in [-0.25, -0.2) is 0 Å². The highest BCUT2D eigenvalue weighted by Gasteiger charge is 2.05. The van der Waals surface area contributed by atoms with E-state index in [-0.39, 0.29) is 5.88 Å². The van der Waals surface area contributed by atoms with E-state index in [1.54, 1.807) is 12.1 Å². The summed E-state index contributed by atoms with van der Waals surface area (Å²) >= 11 is 5.34. The molecule has 0 saturated carbocycles. The van der Waals surface area contributed by atoms with Crippen molar-refractivity contribution in [1.82, 2.24) is 0 Å². The summed E-state index contributed by atoms with van der Waals surface area (Å²) in [5.41, 5.74) is 0.931. The summed E-state index contributed by atoms with van der Waals surface area (Å²) in [7, 11) is 0. The van der Waals surface area contributed by atoms with Gasteiger partial charge in [0.05, 0.1) is 0 Å². The van der Waals surface area contributed by atoms with E-state index in [1.807, 2.05) is 18.2 Å². The zero-order chi connectivity index (χ0) is 10.4. The van der Waals surface area contributed by atoms with Crippen LogP contribution in [0.15, 0.2) is 36.9 Å². The smallest absolute Gasteiger partial charge is 0.326 e. The number of rotatable bonds is 4. The molecule has 1 aromatic carbocycles. The van der Waals surface area contributed by atoms with E-state index in [4.69, 9.17) is 16.3 Å². The van der Waals surface area contributed by atoms with Crippen LogP contribution in [0.5, 0.6) is 5.75 Å². The SMILES string of the molecule is C=CCc1ccccc1OC(=O)CCl. The molecule has 1 rings (SSSR count). The van der Waals surface area contributed by atoms with Gasteiger partial charge in [-0.1, -0.05) is 24.3 Å². The van der Waals surface area contributed by atoms with Crippen molar-refractivity contribution in [1.29, 1.82) is 0 Å². The number of carbonyl (C=O) groups excluding carboxylic acids is 1. The molecule has 1 aromatic rings. The van der Waals surface area contributed by atoms with Crippen LogP contribution in [0.3, 0.4) is 0 Å². The molecule has 0 aliphatic heterocycles. The van der Waals surface area contributed by atoms with Crippen LogP contribution in [0, 0.1) is 0 Å². The zero-order valence-electron chi connectivity index (χ0n) is 7.70. The lowest BCUT2D eigenvalue weighted by Gasteiger charge is -2.06. The van der Waals surface area contributed by atoms with Crippen LogP contribution in [-0.4, -0.2) is 11.8 Å². The van der Waals surface area contributed by atoms with Gasteiger partial charge in [0.2, 0.25) is 0 Å². The summed E-state index contributed by atoms with van der Waals surface area (Å²) in [5.74, 6) is -0.0242. The Kier molecular flexibility index (Phi) is 4.20. The van der Waals surface area contributed by atoms with Crippen molar-refractivity contribution in [3.8, 4) is 5.75 Å². The van der Waals surface area contributed by atoms with Crippen molar-refractivity contribution in [3.05, 3.63) is 42.5 Å². The Labute approximate surface area is 88.1 Å². The molecule has 2 nitrogen and oxygen atoms in total. The second-order valence-corrected chi connectivity index (χ2v) is 2.98. The minimum Gasteiger partial charge on any atom is -0.425 e. The maximum absolute atomic E-state index is 11.0. The third-order valence-corrected chi connectivity index (χ3v) is 1.89. The first-order valence-electron chi connectivity index (χ1n) is 4.23. The summed E-state index contributed by atoms with van der Waals surface area (Å²) < 4.78 is 5.03. The Morgan fingerprint density at radius 3 is 2.86 bits per heavy atom. The van der Waals surface area contributed by atoms with Crippen molar-refractivity contribution >= 4 is 17.6 Å². The molecule has 3 heteroatoms. The van der Waals surface area contributed by atoms with Crippen molar-refractivity contribution < 1.29 is 9.53 Å². The fraction of sp³-hybridized carbons (Fsp3) is 0.182. The molecule has 0 radical (unpaired) electrons. The van der Waals surface area contributed by atoms with Crippen molar-refractivity contribution in [2.24, 2.45) is 0 Å². The lowest BCUT2D eigenvalue weighted by Crippen LogP contribution is -2.10. The summed E-state index contributed by atoms with van der Waals surface area (Å²) in [4.78, 5) is 11.0. The van der Waals surface area contributed by atoms with E-state index in [0.29, 0.717) is 12.2 Å². The lowest BCUT2D eigenvalue weighted by atomic mass is 10.1. The van der Waals surface area contributed by atoms with Gasteiger partial charge in [-0.3, -0.25) is 4.79 Å². The molecule has 0 aromatic heterocycles. The Balaban J connectivity index is 2.83. The molecule has 74 valence electrons. The zero-order valence-corrected chi connectivity index (χ0v) is 8.46. The predicted molar refractivity (Wildman–Crippen MR) is 56.7 cm³/mol. The van der Waals surface area contributed by atoms with Gasteiger partial charge in [0.15, 0.2) is 0 Å². The number of halogens is 1. The van der Waals surface area contributed by atoms with E-state index in [2.05, 4.69) is 6.58 Å². The van der Waals surface area contributed by atoms with E-state index in [9.17, 15) is 4.79 Å². The highest BCUT2D eigenvalue weighted by molar-refractivity contribution is 6.26. The molecule has 0 saturated heterocycles. The van der Waals surface area contributed by atoms with Gasteiger partial charge >= 0.3 is 5.97 Å². The normalized spacial score (nSPS) is 9.50. The minimum atomic E-state index is -0.442. The van der Waals surface area contributed by atoms with E-state index < -0.39 is 5.97 Å². The molecule has 0 aliphatic rings. The number of carbonyl (C=O) groups is 1. The molecule has 14 heavy (non-hydrogen) atoms. The first kappa shape index (κ1) is 10.8. The number of para-hydroxylation sites is 1. The van der Waals surface area contributed by atoms with Crippen LogP contribution < -0.4 is 4.74 Å². The van der Waals surface area contributed by atoms with E-state index >= 15 is 0 Å². The number of ether oxygens (including phenoxy) is 1. The number of esters is 1. The third-order valence-electron chi connectivity index (χ3n) is 1.67. The number of hydrogen-bond donors (Lipinski definition) is 0. The van der Waals surface area contributed by atoms with Gasteiger partial charge in [0.25, 0.3) is 0 Å². The minimum absolute atomic E-state index is 0.136. The molecular weight excluding hydrogens is 200 g/mol. The van der Waals surface area contributed by atoms with Crippen molar-refractivity contribution in [2.45, 2.75) is 6.42 Å². The maximum Gasteiger partial charge on any atom is 0.326 e. The number of benzene rings is 1. The Bertz CT molecular complexity index is 334. The number of allylic oxidation sites excluding steroid dienone is 1. The Morgan fingerprint density at radius 1 is 1.50 bits per heavy atom. The van der Waals surface area contributed by atoms with Crippen LogP contribution >= 0.6 is 11.6 Å². The molecule has 0 fully saturated rings. The average Bonchev–Trinajstić information content (AvgIpc) is 2.21. The first-order valence-corrected chi connectivity index (χ1v) is 4.77. The second kappa shape index (κ2) is 5.45. The van der Waals surface area contributed by atoms with Gasteiger partial charge in [0, 0.05) is 0 Å². The van der Waals surface area contributed by atoms with Gasteiger partial charge in [-0.05, 0) is 18.1 Å². The monoisotopic (exact) mass is 210 g/mol. The van der Waals surface area contributed by atoms with Gasteiger partial charge < -0.3 is 4.74 Å². The van der Waals surface area contributed by atoms with E-state index in [1.165, 1.54) is 0 Å². The van der Waals surface area contributed by atoms with Crippen LogP contribution in [0.4, 0.5) is 0 Å². The third kappa shape index (κ3) is 2.89. The van der Waals surface area contributed by atoms with Crippen LogP contribution in [0.2, 0.25) is 0 Å². The highest BCUT2D eigenvalue weighted by atomic mass is 35.5. The topological polar surface area (TPSA) is 26.3 Å². The average molecular weight is 211 g/mol. The van der Waals surface area contributed by atoms with E-state index in [0.717, 1.165) is 5.56 Å². The molecule has 0 heterocycles. The lowest BCUT2D eigenvalue weighted by molar-refractivity contribution is -0.131. The molecule has 0 unspecified atom stereocenters. The summed E-state index contributed by atoms with van der Waals surface area (Å²) in [5, 5.41) is 0. The standard InChI is InChI=1S/C11H11ClO2/c1-2-5-9-6-3-4-7-10(9)14-11(13)8-12/h2-4,6-7H,1,5,8H2. The number of hydrogen-bond acceptors (Lipinski definition) is 2. The van der Waals surface area contributed by atoms with Crippen LogP contribution in [0.25, 0.3) is 0 Å². The van der Waals surface area contributed by atoms with Crippen LogP contribution in [-0.2, 0) is 11.2 Å². The molecule has 0 N–H and O–H groups in total. The van der Waals surface area contributed by atoms with Crippen molar-refractivity contribution in [3.63, 3.8) is 0 Å². The molecule has 0 bridgehead atoms. The maximum atomic E-state index is 11.0. The molecule has 0 spiro atoms. The summed E-state index contributed by atoms with van der Waals surface area (Å²) in [6.07, 6.45) is 2.43. The van der Waals surface area contributed by atoms with Crippen LogP contribution in [0.1, 0.15) is 5.56 Å². The molecule has 0 aliphatic carbocycles. The van der Waals surface area contributed by atoms with Gasteiger partial charge in [-0.15, -0.1) is 18.2 Å². The first-order chi connectivity index (χ1) is 6.77. The Hall–Kier alpha value is -1.28. The molecule has 0 atom stereocenters. The quantitative estimate of drug-likeness (QED) is 0.331. The second-order valence-electron chi connectivity index (χ2n) is 2.71. The Morgan fingerprint density at radius 2 is 2.21 bits per heavy atom. The predicted octanol–water partition coefficient (Wildman–Crippen LogP) is 2.56. The van der Waals surface area contributed by atoms with Crippen molar-refractivity contribution in [2.75, 3.05) is 5.88 Å². The summed E-state index contributed by atoms with van der Waals surface area (Å²) in [6, 6.07) is 7.32. The largest absolute Gasteiger partial charge is 0.425 e. The fourth-order valence-corrected chi connectivity index (χ4v) is 1.13. The fourth-order valence-electron chi connectivity index (χ4n) is 1.08. The van der Waals surface area contributed by atoms with Gasteiger partial charge in [-0.2, -0.15) is 0 Å². The molecular formula is C11H11ClO2. The number of alkyl halides is 1. The molecule has 0 amide bonds. The summed E-state index contributed by atoms with van der Waals surface area (Å²) in [6.45, 7) is 3.63. The van der Waals surface area contributed by atoms with Gasteiger partial charge in [0.1, 0.15) is 11.6 Å².